The van der Waals surface area contributed by atoms with Crippen molar-refractivity contribution in [1.82, 2.24) is 4.90 Å². The highest BCUT2D eigenvalue weighted by molar-refractivity contribution is 5.79. The van der Waals surface area contributed by atoms with Crippen molar-refractivity contribution in [3.63, 3.8) is 0 Å². The predicted molar refractivity (Wildman–Crippen MR) is 77.8 cm³/mol. The Balaban J connectivity index is 2.08. The second-order valence-corrected chi connectivity index (χ2v) is 5.61. The first-order chi connectivity index (χ1) is 9.13. The van der Waals surface area contributed by atoms with Crippen LogP contribution in [-0.2, 0) is 11.2 Å². The van der Waals surface area contributed by atoms with Crippen LogP contribution in [0.3, 0.4) is 0 Å². The lowest BCUT2D eigenvalue weighted by Gasteiger charge is -2.39. The Bertz CT molecular complexity index is 444. The molecule has 0 bridgehead atoms. The SMILES string of the molecule is Cc1ccccc1CC(=O)N1CCC[C@H](C)[C@H]1CN. The molecule has 2 N–H and O–H groups in total. The minimum Gasteiger partial charge on any atom is -0.338 e. The zero-order valence-corrected chi connectivity index (χ0v) is 11.9. The van der Waals surface area contributed by atoms with Gasteiger partial charge in [-0.15, -0.1) is 0 Å². The van der Waals surface area contributed by atoms with E-state index in [1.165, 1.54) is 12.0 Å². The molecule has 3 heteroatoms. The molecular formula is C16H24N2O. The molecular weight excluding hydrogens is 236 g/mol. The molecule has 1 aromatic rings. The van der Waals surface area contributed by atoms with Gasteiger partial charge < -0.3 is 10.6 Å². The molecule has 0 radical (unpaired) electrons. The average molecular weight is 260 g/mol. The Morgan fingerprint density at radius 1 is 1.42 bits per heavy atom. The maximum absolute atomic E-state index is 12.5. The Labute approximate surface area is 115 Å². The molecule has 2 atom stereocenters. The molecule has 0 aromatic heterocycles. The van der Waals surface area contributed by atoms with E-state index in [2.05, 4.69) is 19.9 Å². The fourth-order valence-corrected chi connectivity index (χ4v) is 2.99. The van der Waals surface area contributed by atoms with E-state index in [0.29, 0.717) is 18.9 Å². The monoisotopic (exact) mass is 260 g/mol. The lowest BCUT2D eigenvalue weighted by molar-refractivity contribution is -0.135. The summed E-state index contributed by atoms with van der Waals surface area (Å²) in [5.41, 5.74) is 8.16. The Kier molecular flexibility index (Phi) is 4.59. The van der Waals surface area contributed by atoms with E-state index in [9.17, 15) is 4.79 Å². The maximum Gasteiger partial charge on any atom is 0.227 e. The second kappa shape index (κ2) is 6.20. The molecule has 1 aromatic carbocycles. The molecule has 0 saturated carbocycles. The molecule has 19 heavy (non-hydrogen) atoms. The Morgan fingerprint density at radius 2 is 2.16 bits per heavy atom. The molecule has 3 nitrogen and oxygen atoms in total. The van der Waals surface area contributed by atoms with Gasteiger partial charge in [0.1, 0.15) is 0 Å². The van der Waals surface area contributed by atoms with Crippen LogP contribution in [0.2, 0.25) is 0 Å². The molecule has 1 heterocycles. The van der Waals surface area contributed by atoms with Gasteiger partial charge in [-0.05, 0) is 36.8 Å². The number of hydrogen-bond acceptors (Lipinski definition) is 2. The van der Waals surface area contributed by atoms with E-state index >= 15 is 0 Å². The number of rotatable bonds is 3. The van der Waals surface area contributed by atoms with Crippen LogP contribution in [0.5, 0.6) is 0 Å². The lowest BCUT2D eigenvalue weighted by atomic mass is 9.90. The molecule has 1 fully saturated rings. The largest absolute Gasteiger partial charge is 0.338 e. The van der Waals surface area contributed by atoms with E-state index in [-0.39, 0.29) is 11.9 Å². The van der Waals surface area contributed by atoms with Gasteiger partial charge in [0.15, 0.2) is 0 Å². The van der Waals surface area contributed by atoms with Crippen molar-refractivity contribution in [2.24, 2.45) is 11.7 Å². The van der Waals surface area contributed by atoms with Gasteiger partial charge in [-0.25, -0.2) is 0 Å². The number of hydrogen-bond donors (Lipinski definition) is 1. The number of nitrogens with zero attached hydrogens (tertiary/aromatic N) is 1. The summed E-state index contributed by atoms with van der Waals surface area (Å²) in [4.78, 5) is 14.5. The summed E-state index contributed by atoms with van der Waals surface area (Å²) >= 11 is 0. The number of piperidine rings is 1. The van der Waals surface area contributed by atoms with Gasteiger partial charge in [0.2, 0.25) is 5.91 Å². The molecule has 1 aliphatic rings. The van der Waals surface area contributed by atoms with Crippen molar-refractivity contribution >= 4 is 5.91 Å². The number of carbonyl (C=O) groups is 1. The fraction of sp³-hybridized carbons (Fsp3) is 0.562. The summed E-state index contributed by atoms with van der Waals surface area (Å²) in [6.07, 6.45) is 2.77. The highest BCUT2D eigenvalue weighted by Gasteiger charge is 2.30. The van der Waals surface area contributed by atoms with E-state index < -0.39 is 0 Å². The van der Waals surface area contributed by atoms with Crippen LogP contribution in [-0.4, -0.2) is 29.9 Å². The average Bonchev–Trinajstić information content (AvgIpc) is 2.41. The summed E-state index contributed by atoms with van der Waals surface area (Å²) in [6, 6.07) is 8.31. The minimum atomic E-state index is 0.213. The molecule has 0 unspecified atom stereocenters. The van der Waals surface area contributed by atoms with Gasteiger partial charge in [0.05, 0.1) is 6.42 Å². The van der Waals surface area contributed by atoms with Crippen LogP contribution >= 0.6 is 0 Å². The van der Waals surface area contributed by atoms with Crippen LogP contribution in [0.4, 0.5) is 0 Å². The predicted octanol–water partition coefficient (Wildman–Crippen LogP) is 2.12. The molecule has 1 aliphatic heterocycles. The summed E-state index contributed by atoms with van der Waals surface area (Å²) in [7, 11) is 0. The maximum atomic E-state index is 12.5. The topological polar surface area (TPSA) is 46.3 Å². The Hall–Kier alpha value is -1.35. The summed E-state index contributed by atoms with van der Waals surface area (Å²) in [6.45, 7) is 5.68. The van der Waals surface area contributed by atoms with Crippen molar-refractivity contribution < 1.29 is 4.79 Å². The number of aryl methyl sites for hydroxylation is 1. The van der Waals surface area contributed by atoms with Crippen LogP contribution in [0, 0.1) is 12.8 Å². The van der Waals surface area contributed by atoms with E-state index in [4.69, 9.17) is 5.73 Å². The van der Waals surface area contributed by atoms with Crippen LogP contribution < -0.4 is 5.73 Å². The van der Waals surface area contributed by atoms with E-state index in [1.54, 1.807) is 0 Å². The molecule has 0 aliphatic carbocycles. The summed E-state index contributed by atoms with van der Waals surface area (Å²) < 4.78 is 0. The van der Waals surface area contributed by atoms with Gasteiger partial charge in [-0.3, -0.25) is 4.79 Å². The third-order valence-electron chi connectivity index (χ3n) is 4.28. The zero-order valence-electron chi connectivity index (χ0n) is 11.9. The Morgan fingerprint density at radius 3 is 2.84 bits per heavy atom. The summed E-state index contributed by atoms with van der Waals surface area (Å²) in [5, 5.41) is 0. The number of nitrogens with two attached hydrogens (primary N) is 1. The number of carbonyl (C=O) groups excluding carboxylic acids is 1. The minimum absolute atomic E-state index is 0.213. The third kappa shape index (κ3) is 3.16. The molecule has 2 rings (SSSR count). The quantitative estimate of drug-likeness (QED) is 0.905. The first-order valence-electron chi connectivity index (χ1n) is 7.17. The van der Waals surface area contributed by atoms with Crippen molar-refractivity contribution in [2.75, 3.05) is 13.1 Å². The first kappa shape index (κ1) is 14.1. The standard InChI is InChI=1S/C16H24N2O/c1-12-6-3-4-8-14(12)10-16(19)18-9-5-7-13(2)15(18)11-17/h3-4,6,8,13,15H,5,7,9-11,17H2,1-2H3/t13-,15+/m0/s1. The zero-order chi connectivity index (χ0) is 13.8. The molecule has 104 valence electrons. The van der Waals surface area contributed by atoms with Gasteiger partial charge >= 0.3 is 0 Å². The van der Waals surface area contributed by atoms with Crippen molar-refractivity contribution in [2.45, 2.75) is 39.2 Å². The lowest BCUT2D eigenvalue weighted by Crippen LogP contribution is -2.51. The van der Waals surface area contributed by atoms with Gasteiger partial charge in [-0.2, -0.15) is 0 Å². The highest BCUT2D eigenvalue weighted by atomic mass is 16.2. The number of amides is 1. The van der Waals surface area contributed by atoms with Crippen molar-refractivity contribution in [3.8, 4) is 0 Å². The molecule has 0 spiro atoms. The molecule has 1 amide bonds. The van der Waals surface area contributed by atoms with Gasteiger partial charge in [-0.1, -0.05) is 31.2 Å². The highest BCUT2D eigenvalue weighted by Crippen LogP contribution is 2.23. The van der Waals surface area contributed by atoms with Crippen LogP contribution in [0.15, 0.2) is 24.3 Å². The molecule has 1 saturated heterocycles. The van der Waals surface area contributed by atoms with Crippen LogP contribution in [0.25, 0.3) is 0 Å². The summed E-state index contributed by atoms with van der Waals surface area (Å²) in [5.74, 6) is 0.732. The van der Waals surface area contributed by atoms with Crippen molar-refractivity contribution in [3.05, 3.63) is 35.4 Å². The number of likely N-dealkylation sites (tertiary alicyclic amines) is 1. The second-order valence-electron chi connectivity index (χ2n) is 5.61. The fourth-order valence-electron chi connectivity index (χ4n) is 2.99. The number of benzene rings is 1. The van der Waals surface area contributed by atoms with Gasteiger partial charge in [0.25, 0.3) is 0 Å². The third-order valence-corrected chi connectivity index (χ3v) is 4.28. The van der Waals surface area contributed by atoms with E-state index in [1.807, 2.05) is 23.1 Å². The van der Waals surface area contributed by atoms with Crippen LogP contribution in [0.1, 0.15) is 30.9 Å². The smallest absolute Gasteiger partial charge is 0.227 e. The normalized spacial score (nSPS) is 23.4. The van der Waals surface area contributed by atoms with E-state index in [0.717, 1.165) is 18.5 Å². The van der Waals surface area contributed by atoms with Gasteiger partial charge in [0, 0.05) is 19.1 Å². The van der Waals surface area contributed by atoms with Crippen molar-refractivity contribution in [1.29, 1.82) is 0 Å². The first-order valence-corrected chi connectivity index (χ1v) is 7.17.